The van der Waals surface area contributed by atoms with Crippen LogP contribution in [-0.4, -0.2) is 46.9 Å². The molecule has 6 nitrogen and oxygen atoms in total. The van der Waals surface area contributed by atoms with Crippen LogP contribution in [0.15, 0.2) is 85.1 Å². The van der Waals surface area contributed by atoms with E-state index in [1.54, 1.807) is 0 Å². The highest BCUT2D eigenvalue weighted by Gasteiger charge is 2.23. The molecule has 6 heteroatoms. The number of hydrogen-bond donors (Lipinski definition) is 3. The molecule has 314 valence electrons. The molecule has 0 saturated carbocycles. The molecule has 0 aliphatic heterocycles. The second-order valence-corrected chi connectivity index (χ2v) is 14.9. The summed E-state index contributed by atoms with van der Waals surface area (Å²) < 4.78 is 5.80. The first-order chi connectivity index (χ1) is 27.0. The molecule has 0 aromatic rings. The number of aliphatic hydroxyl groups is 2. The summed E-state index contributed by atoms with van der Waals surface area (Å²) >= 11 is 0. The minimum absolute atomic E-state index is 0.0274. The number of unbranched alkanes of at least 4 members (excludes halogenated alkanes) is 18. The van der Waals surface area contributed by atoms with Gasteiger partial charge in [0.05, 0.1) is 25.2 Å². The lowest BCUT2D eigenvalue weighted by atomic mass is 10.0. The average Bonchev–Trinajstić information content (AvgIpc) is 3.18. The van der Waals surface area contributed by atoms with Crippen LogP contribution in [0.3, 0.4) is 0 Å². The predicted molar refractivity (Wildman–Crippen MR) is 236 cm³/mol. The van der Waals surface area contributed by atoms with Gasteiger partial charge in [0, 0.05) is 12.8 Å². The molecule has 0 fully saturated rings. The molecule has 0 heterocycles. The van der Waals surface area contributed by atoms with Crippen molar-refractivity contribution < 1.29 is 24.5 Å². The van der Waals surface area contributed by atoms with Crippen LogP contribution in [0.1, 0.15) is 188 Å². The van der Waals surface area contributed by atoms with Gasteiger partial charge in [-0.2, -0.15) is 0 Å². The lowest BCUT2D eigenvalue weighted by molar-refractivity contribution is -0.150. The van der Waals surface area contributed by atoms with Gasteiger partial charge >= 0.3 is 5.97 Å². The molecule has 3 atom stereocenters. The van der Waals surface area contributed by atoms with Gasteiger partial charge in [-0.15, -0.1) is 0 Å². The lowest BCUT2D eigenvalue weighted by Crippen LogP contribution is -2.46. The number of aliphatic hydroxyl groups excluding tert-OH is 2. The van der Waals surface area contributed by atoms with Gasteiger partial charge in [-0.3, -0.25) is 9.59 Å². The van der Waals surface area contributed by atoms with Crippen LogP contribution in [0, 0.1) is 0 Å². The first kappa shape index (κ1) is 52.0. The second kappa shape index (κ2) is 42.2. The van der Waals surface area contributed by atoms with Crippen molar-refractivity contribution >= 4 is 11.9 Å². The van der Waals surface area contributed by atoms with Crippen molar-refractivity contribution in [2.45, 2.75) is 206 Å². The summed E-state index contributed by atoms with van der Waals surface area (Å²) in [5, 5.41) is 23.5. The van der Waals surface area contributed by atoms with Gasteiger partial charge in [0.1, 0.15) is 6.10 Å². The first-order valence-corrected chi connectivity index (χ1v) is 22.4. The van der Waals surface area contributed by atoms with Crippen molar-refractivity contribution in [1.82, 2.24) is 5.32 Å². The quantitative estimate of drug-likeness (QED) is 0.0330. The van der Waals surface area contributed by atoms with Gasteiger partial charge in [0.15, 0.2) is 0 Å². The Kier molecular flexibility index (Phi) is 39.9. The van der Waals surface area contributed by atoms with Gasteiger partial charge in [-0.05, 0) is 44.9 Å². The summed E-state index contributed by atoms with van der Waals surface area (Å²) in [4.78, 5) is 25.9. The zero-order valence-corrected chi connectivity index (χ0v) is 35.5. The molecule has 0 radical (unpaired) electrons. The molecule has 0 aliphatic rings. The highest BCUT2D eigenvalue weighted by Crippen LogP contribution is 2.15. The molecule has 55 heavy (non-hydrogen) atoms. The van der Waals surface area contributed by atoms with Crippen molar-refractivity contribution in [3.05, 3.63) is 85.1 Å². The van der Waals surface area contributed by atoms with Gasteiger partial charge < -0.3 is 20.3 Å². The number of carbonyl (C=O) groups is 2. The second-order valence-electron chi connectivity index (χ2n) is 14.9. The molecular weight excluding hydrogens is 683 g/mol. The van der Waals surface area contributed by atoms with Crippen LogP contribution in [0.4, 0.5) is 0 Å². The van der Waals surface area contributed by atoms with Crippen LogP contribution in [0.2, 0.25) is 0 Å². The summed E-state index contributed by atoms with van der Waals surface area (Å²) in [5.74, 6) is -0.631. The predicted octanol–water partition coefficient (Wildman–Crippen LogP) is 12.8. The molecule has 3 N–H and O–H groups in total. The summed E-state index contributed by atoms with van der Waals surface area (Å²) in [5.41, 5.74) is 0. The molecule has 0 bridgehead atoms. The third-order valence-corrected chi connectivity index (χ3v) is 9.62. The largest absolute Gasteiger partial charge is 0.461 e. The van der Waals surface area contributed by atoms with E-state index in [2.05, 4.69) is 56.5 Å². The summed E-state index contributed by atoms with van der Waals surface area (Å²) in [6.07, 6.45) is 53.8. The van der Waals surface area contributed by atoms with Gasteiger partial charge in [0.25, 0.3) is 0 Å². The maximum absolute atomic E-state index is 13.1. The van der Waals surface area contributed by atoms with E-state index in [0.29, 0.717) is 19.3 Å². The van der Waals surface area contributed by atoms with Crippen molar-refractivity contribution in [3.63, 3.8) is 0 Å². The Bertz CT molecular complexity index is 1080. The standard InChI is InChI=1S/C49H83NO5/c1-4-7-10-13-16-19-22-23-24-25-27-30-33-36-39-42-49(54)55-45(40-37-34-31-28-26-20-17-14-11-8-5-2)43-48(53)50-46(44-51)47(52)41-38-35-32-29-21-18-15-12-9-6-3/h8,11,14,16-17,19-20,22-23,26,28,31,34,37,45-47,51-52H,4-7,9-10,12-13,15,18,21,24-25,27,29-30,32-33,35-36,38-44H2,1-3H3,(H,50,53)/b11-8+,17-14+,19-16+,23-22+,26-20-,31-28-,37-34+. The first-order valence-electron chi connectivity index (χ1n) is 22.4. The number of amides is 1. The minimum atomic E-state index is -0.821. The SMILES string of the molecule is CC/C=C/C=C/C=C\C=C/C=C/CC(CC(=O)NC(CO)C(O)CCCCCCCCCCCC)OC(=O)CCCCCCCC/C=C/C=C/CCCCC. The fraction of sp³-hybridized carbons (Fsp3) is 0.673. The Hall–Kier alpha value is -2.96. The molecule has 0 spiro atoms. The van der Waals surface area contributed by atoms with Crippen LogP contribution in [0.5, 0.6) is 0 Å². The van der Waals surface area contributed by atoms with E-state index in [-0.39, 0.29) is 24.9 Å². The van der Waals surface area contributed by atoms with E-state index >= 15 is 0 Å². The zero-order valence-electron chi connectivity index (χ0n) is 35.5. The van der Waals surface area contributed by atoms with Crippen molar-refractivity contribution in [3.8, 4) is 0 Å². The number of nitrogens with one attached hydrogen (secondary N) is 1. The molecule has 3 unspecified atom stereocenters. The zero-order chi connectivity index (χ0) is 40.3. The minimum Gasteiger partial charge on any atom is -0.461 e. The van der Waals surface area contributed by atoms with E-state index in [0.717, 1.165) is 57.8 Å². The smallest absolute Gasteiger partial charge is 0.306 e. The van der Waals surface area contributed by atoms with Crippen LogP contribution < -0.4 is 5.32 Å². The maximum atomic E-state index is 13.1. The fourth-order valence-electron chi connectivity index (χ4n) is 6.20. The number of hydrogen-bond acceptors (Lipinski definition) is 5. The van der Waals surface area contributed by atoms with Crippen molar-refractivity contribution in [2.75, 3.05) is 6.61 Å². The van der Waals surface area contributed by atoms with E-state index in [1.165, 1.54) is 83.5 Å². The molecule has 0 rings (SSSR count). The van der Waals surface area contributed by atoms with Gasteiger partial charge in [-0.25, -0.2) is 0 Å². The van der Waals surface area contributed by atoms with Crippen LogP contribution >= 0.6 is 0 Å². The number of carbonyl (C=O) groups excluding carboxylic acids is 2. The molecule has 0 aliphatic carbocycles. The number of esters is 1. The van der Waals surface area contributed by atoms with Crippen LogP contribution in [0.25, 0.3) is 0 Å². The molecule has 0 aromatic heterocycles. The highest BCUT2D eigenvalue weighted by molar-refractivity contribution is 5.77. The maximum Gasteiger partial charge on any atom is 0.306 e. The monoisotopic (exact) mass is 766 g/mol. The Morgan fingerprint density at radius 3 is 1.58 bits per heavy atom. The third-order valence-electron chi connectivity index (χ3n) is 9.62. The average molecular weight is 766 g/mol. The molecule has 0 aromatic carbocycles. The Balaban J connectivity index is 4.76. The Morgan fingerprint density at radius 2 is 1.02 bits per heavy atom. The van der Waals surface area contributed by atoms with Crippen LogP contribution in [-0.2, 0) is 14.3 Å². The number of allylic oxidation sites excluding steroid dienone is 13. The normalized spacial score (nSPS) is 14.2. The fourth-order valence-corrected chi connectivity index (χ4v) is 6.20. The van der Waals surface area contributed by atoms with E-state index in [9.17, 15) is 19.8 Å². The van der Waals surface area contributed by atoms with E-state index in [1.807, 2.05) is 54.7 Å². The molecule has 1 amide bonds. The molecular formula is C49H83NO5. The Labute approximate surface area is 338 Å². The number of ether oxygens (including phenoxy) is 1. The van der Waals surface area contributed by atoms with Gasteiger partial charge in [0.2, 0.25) is 5.91 Å². The lowest BCUT2D eigenvalue weighted by Gasteiger charge is -2.24. The van der Waals surface area contributed by atoms with E-state index in [4.69, 9.17) is 4.74 Å². The summed E-state index contributed by atoms with van der Waals surface area (Å²) in [6, 6.07) is -0.743. The van der Waals surface area contributed by atoms with E-state index < -0.39 is 18.2 Å². The summed E-state index contributed by atoms with van der Waals surface area (Å²) in [7, 11) is 0. The number of rotatable bonds is 38. The van der Waals surface area contributed by atoms with Crippen molar-refractivity contribution in [2.24, 2.45) is 0 Å². The molecule has 0 saturated heterocycles. The van der Waals surface area contributed by atoms with Crippen molar-refractivity contribution in [1.29, 1.82) is 0 Å². The van der Waals surface area contributed by atoms with Gasteiger partial charge in [-0.1, -0.05) is 209 Å². The third kappa shape index (κ3) is 37.7. The summed E-state index contributed by atoms with van der Waals surface area (Å²) in [6.45, 7) is 6.23. The highest BCUT2D eigenvalue weighted by atomic mass is 16.5. The topological polar surface area (TPSA) is 95.9 Å². The Morgan fingerprint density at radius 1 is 0.564 bits per heavy atom.